The Bertz CT molecular complexity index is 1830. The van der Waals surface area contributed by atoms with Crippen molar-refractivity contribution in [2.75, 3.05) is 0 Å². The van der Waals surface area contributed by atoms with Gasteiger partial charge in [0.15, 0.2) is 4.87 Å². The summed E-state index contributed by atoms with van der Waals surface area (Å²) in [7, 11) is 0. The van der Waals surface area contributed by atoms with E-state index < -0.39 is 15.7 Å². The number of rotatable bonds is 14. The largest absolute Gasteiger partial charge is 0.488 e. The second kappa shape index (κ2) is 15.8. The molecule has 0 saturated heterocycles. The molecule has 240 valence electrons. The number of halogens is 2. The Morgan fingerprint density at radius 3 is 1.40 bits per heavy atom. The number of hydrogen-bond acceptors (Lipinski definition) is 8. The van der Waals surface area contributed by atoms with Crippen molar-refractivity contribution >= 4 is 23.2 Å². The number of alkyl halides is 2. The lowest BCUT2D eigenvalue weighted by Gasteiger charge is -2.44. The Kier molecular flexibility index (Phi) is 11.3. The highest BCUT2D eigenvalue weighted by atomic mass is 35.5. The smallest absolute Gasteiger partial charge is 0.340 e. The van der Waals surface area contributed by atoms with Crippen LogP contribution in [0.5, 0.6) is 0 Å². The first-order chi connectivity index (χ1) is 23.4. The van der Waals surface area contributed by atoms with Gasteiger partial charge in [-0.1, -0.05) is 145 Å². The summed E-state index contributed by atoms with van der Waals surface area (Å²) in [4.78, 5) is 6.85. The number of ether oxygens (including phenoxy) is 3. The maximum absolute atomic E-state index is 10.7. The molecule has 0 radical (unpaired) electrons. The predicted octanol–water partition coefficient (Wildman–Crippen LogP) is 8.16. The molecule has 0 spiro atoms. The minimum atomic E-state index is -2.49. The van der Waals surface area contributed by atoms with E-state index >= 15 is 0 Å². The highest BCUT2D eigenvalue weighted by Crippen LogP contribution is 2.54. The zero-order chi connectivity index (χ0) is 33.9. The van der Waals surface area contributed by atoms with E-state index in [0.29, 0.717) is 0 Å². The summed E-state index contributed by atoms with van der Waals surface area (Å²) in [5.74, 6) is -2.53. The van der Waals surface area contributed by atoms with Crippen LogP contribution in [-0.2, 0) is 50.4 Å². The summed E-state index contributed by atoms with van der Waals surface area (Å²) in [6.07, 6.45) is 1.30. The van der Waals surface area contributed by atoms with Gasteiger partial charge in [0.25, 0.3) is 0 Å². The quantitative estimate of drug-likeness (QED) is 0.0568. The molecular weight excluding hydrogens is 649 g/mol. The van der Waals surface area contributed by atoms with Crippen LogP contribution in [0.1, 0.15) is 22.3 Å². The van der Waals surface area contributed by atoms with Crippen LogP contribution in [0.25, 0.3) is 0 Å². The number of nitrogens with zero attached hydrogens (tertiary/aromatic N) is 3. The van der Waals surface area contributed by atoms with Gasteiger partial charge in [0.2, 0.25) is 4.87 Å². The molecule has 5 rings (SSSR count). The number of nitriles is 3. The van der Waals surface area contributed by atoms with Gasteiger partial charge in [-0.2, -0.15) is 20.7 Å². The molecule has 8 nitrogen and oxygen atoms in total. The molecule has 0 heterocycles. The third-order valence-electron chi connectivity index (χ3n) is 7.48. The van der Waals surface area contributed by atoms with Gasteiger partial charge >= 0.3 is 5.97 Å². The lowest BCUT2D eigenvalue weighted by Crippen LogP contribution is -2.57. The number of hydrogen-bond donors (Lipinski definition) is 0. The molecule has 0 saturated carbocycles. The van der Waals surface area contributed by atoms with Crippen LogP contribution in [0.15, 0.2) is 144 Å². The normalized spacial score (nSPS) is 19.0. The zero-order valence-electron chi connectivity index (χ0n) is 25.6. The molecule has 1 aliphatic rings. The van der Waals surface area contributed by atoms with Crippen LogP contribution in [0.2, 0.25) is 0 Å². The van der Waals surface area contributed by atoms with Gasteiger partial charge in [-0.05, 0) is 28.3 Å². The first-order valence-corrected chi connectivity index (χ1v) is 15.6. The third-order valence-corrected chi connectivity index (χ3v) is 8.70. The molecule has 0 amide bonds. The van der Waals surface area contributed by atoms with Gasteiger partial charge in [-0.3, -0.25) is 0 Å². The van der Waals surface area contributed by atoms with Crippen LogP contribution in [0.3, 0.4) is 0 Å². The fourth-order valence-corrected chi connectivity index (χ4v) is 5.51. The maximum Gasteiger partial charge on any atom is 0.340 e. The maximum atomic E-state index is 10.7. The highest BCUT2D eigenvalue weighted by Gasteiger charge is 2.66. The fraction of sp³-hybridized carbons (Fsp3) is 0.184. The van der Waals surface area contributed by atoms with Crippen molar-refractivity contribution in [3.63, 3.8) is 0 Å². The van der Waals surface area contributed by atoms with E-state index in [1.54, 1.807) is 0 Å². The highest BCUT2D eigenvalue weighted by molar-refractivity contribution is 6.41. The van der Waals surface area contributed by atoms with Crippen LogP contribution in [-0.4, -0.2) is 15.7 Å². The predicted molar refractivity (Wildman–Crippen MR) is 178 cm³/mol. The standard InChI is InChI=1S/C38H29Cl2N3O5/c39-36(27-42)33(22-41)34(44-23-29-13-5-1-6-14-29)21-35(37(36,40)28-43)38(45-24-30-15-7-2-8-16-30,46-25-31-17-9-3-10-18-31)48-47-26-32-19-11-4-12-20-32/h1-21H,23-26H2. The number of benzene rings is 4. The molecule has 0 aromatic heterocycles. The molecule has 0 N–H and O–H groups in total. The van der Waals surface area contributed by atoms with Crippen molar-refractivity contribution in [1.29, 1.82) is 15.8 Å². The monoisotopic (exact) mass is 677 g/mol. The summed E-state index contributed by atoms with van der Waals surface area (Å²) in [6.45, 7) is -0.282. The summed E-state index contributed by atoms with van der Waals surface area (Å²) >= 11 is 14.1. The zero-order valence-corrected chi connectivity index (χ0v) is 27.1. The van der Waals surface area contributed by atoms with E-state index in [-0.39, 0.29) is 43.3 Å². The van der Waals surface area contributed by atoms with Gasteiger partial charge in [0, 0.05) is 0 Å². The van der Waals surface area contributed by atoms with E-state index in [2.05, 4.69) is 0 Å². The van der Waals surface area contributed by atoms with Crippen molar-refractivity contribution in [2.45, 2.75) is 42.1 Å². The molecule has 2 atom stereocenters. The molecule has 0 bridgehead atoms. The van der Waals surface area contributed by atoms with E-state index in [0.717, 1.165) is 22.3 Å². The average molecular weight is 679 g/mol. The summed E-state index contributed by atoms with van der Waals surface area (Å²) in [5, 5.41) is 31.5. The van der Waals surface area contributed by atoms with Crippen molar-refractivity contribution in [3.8, 4) is 18.2 Å². The molecular formula is C38H29Cl2N3O5. The Hall–Kier alpha value is -4.95. The van der Waals surface area contributed by atoms with Gasteiger partial charge < -0.3 is 14.2 Å². The topological polar surface area (TPSA) is 118 Å². The SMILES string of the molecule is N#CC1=C(OCc2ccccc2)C=C(C(OCc2ccccc2)(OCc2ccccc2)OOCc2ccccc2)C(Cl)(C#N)C1(Cl)C#N. The Balaban J connectivity index is 1.67. The van der Waals surface area contributed by atoms with Gasteiger partial charge in [-0.15, -0.1) is 0 Å². The summed E-state index contributed by atoms with van der Waals surface area (Å²) in [6, 6.07) is 42.5. The minimum Gasteiger partial charge on any atom is -0.488 e. The second-order valence-electron chi connectivity index (χ2n) is 10.7. The lowest BCUT2D eigenvalue weighted by atomic mass is 9.75. The second-order valence-corrected chi connectivity index (χ2v) is 11.8. The first-order valence-electron chi connectivity index (χ1n) is 14.8. The summed E-state index contributed by atoms with van der Waals surface area (Å²) < 4.78 is 19.0. The Labute approximate surface area is 289 Å². The van der Waals surface area contributed by atoms with Crippen LogP contribution in [0.4, 0.5) is 0 Å². The van der Waals surface area contributed by atoms with Crippen molar-refractivity contribution in [3.05, 3.63) is 167 Å². The fourth-order valence-electron chi connectivity index (χ4n) is 4.93. The molecule has 10 heteroatoms. The molecule has 2 unspecified atom stereocenters. The van der Waals surface area contributed by atoms with Gasteiger partial charge in [-0.25, -0.2) is 4.89 Å². The van der Waals surface area contributed by atoms with Crippen molar-refractivity contribution in [2.24, 2.45) is 0 Å². The molecule has 4 aromatic rings. The molecule has 48 heavy (non-hydrogen) atoms. The van der Waals surface area contributed by atoms with E-state index in [9.17, 15) is 15.8 Å². The first kappa shape index (κ1) is 34.4. The lowest BCUT2D eigenvalue weighted by molar-refractivity contribution is -0.501. The van der Waals surface area contributed by atoms with Crippen LogP contribution >= 0.6 is 23.2 Å². The Morgan fingerprint density at radius 1 is 0.562 bits per heavy atom. The minimum absolute atomic E-state index is 0.000516. The summed E-state index contributed by atoms with van der Waals surface area (Å²) in [5.41, 5.74) is 2.33. The third kappa shape index (κ3) is 7.44. The average Bonchev–Trinajstić information content (AvgIpc) is 3.14. The molecule has 4 aromatic carbocycles. The van der Waals surface area contributed by atoms with Crippen LogP contribution in [0, 0.1) is 34.0 Å². The molecule has 1 aliphatic carbocycles. The Morgan fingerprint density at radius 2 is 0.979 bits per heavy atom. The molecule has 0 fully saturated rings. The van der Waals surface area contributed by atoms with Gasteiger partial charge in [0.1, 0.15) is 30.6 Å². The molecule has 0 aliphatic heterocycles. The van der Waals surface area contributed by atoms with Gasteiger partial charge in [0.05, 0.1) is 30.9 Å². The van der Waals surface area contributed by atoms with Crippen molar-refractivity contribution < 1.29 is 24.0 Å². The van der Waals surface area contributed by atoms with E-state index in [1.165, 1.54) is 6.08 Å². The van der Waals surface area contributed by atoms with Crippen LogP contribution < -0.4 is 0 Å². The number of allylic oxidation sites excluding steroid dienone is 2. The van der Waals surface area contributed by atoms with E-state index in [1.807, 2.05) is 140 Å². The van der Waals surface area contributed by atoms with Crippen molar-refractivity contribution in [1.82, 2.24) is 0 Å². The van der Waals surface area contributed by atoms with E-state index in [4.69, 9.17) is 47.2 Å².